The van der Waals surface area contributed by atoms with Crippen molar-refractivity contribution in [3.05, 3.63) is 58.1 Å². The van der Waals surface area contributed by atoms with Gasteiger partial charge in [0.05, 0.1) is 35.4 Å². The SMILES string of the molecule is COc1cccc(OCCNC(=O)[C@H]2CCCN(S(=O)(=O)Cc3ccc(Cl)c(Cl)c3)C2)c1. The molecule has 1 N–H and O–H groups in total. The average molecular weight is 501 g/mol. The van der Waals surface area contributed by atoms with E-state index < -0.39 is 15.9 Å². The Morgan fingerprint density at radius 2 is 1.94 bits per heavy atom. The number of halogens is 2. The molecule has 0 aliphatic carbocycles. The molecule has 174 valence electrons. The maximum atomic E-state index is 12.9. The summed E-state index contributed by atoms with van der Waals surface area (Å²) in [6, 6.07) is 12.0. The van der Waals surface area contributed by atoms with Gasteiger partial charge in [0.15, 0.2) is 0 Å². The van der Waals surface area contributed by atoms with Crippen LogP contribution in [0.5, 0.6) is 11.5 Å². The summed E-state index contributed by atoms with van der Waals surface area (Å²) in [4.78, 5) is 12.6. The first-order valence-electron chi connectivity index (χ1n) is 10.2. The zero-order valence-electron chi connectivity index (χ0n) is 17.7. The molecule has 0 radical (unpaired) electrons. The van der Waals surface area contributed by atoms with Crippen LogP contribution in [0.25, 0.3) is 0 Å². The lowest BCUT2D eigenvalue weighted by Gasteiger charge is -2.31. The normalized spacial score (nSPS) is 17.0. The van der Waals surface area contributed by atoms with E-state index in [0.29, 0.717) is 59.6 Å². The van der Waals surface area contributed by atoms with Crippen molar-refractivity contribution < 1.29 is 22.7 Å². The molecule has 1 saturated heterocycles. The first-order valence-corrected chi connectivity index (χ1v) is 12.6. The minimum atomic E-state index is -3.59. The van der Waals surface area contributed by atoms with E-state index in [1.165, 1.54) is 4.31 Å². The van der Waals surface area contributed by atoms with Crippen molar-refractivity contribution in [3.63, 3.8) is 0 Å². The maximum absolute atomic E-state index is 12.9. The molecule has 1 atom stereocenters. The Balaban J connectivity index is 1.49. The summed E-state index contributed by atoms with van der Waals surface area (Å²) < 4.78 is 37.9. The number of piperidine rings is 1. The Hall–Kier alpha value is -2.00. The highest BCUT2D eigenvalue weighted by atomic mass is 35.5. The van der Waals surface area contributed by atoms with Crippen LogP contribution in [0, 0.1) is 5.92 Å². The summed E-state index contributed by atoms with van der Waals surface area (Å²) in [5, 5.41) is 3.52. The van der Waals surface area contributed by atoms with E-state index in [4.69, 9.17) is 32.7 Å². The first kappa shape index (κ1) is 24.6. The van der Waals surface area contributed by atoms with Crippen molar-refractivity contribution in [2.75, 3.05) is 33.4 Å². The van der Waals surface area contributed by atoms with Crippen LogP contribution < -0.4 is 14.8 Å². The minimum absolute atomic E-state index is 0.159. The van der Waals surface area contributed by atoms with Gasteiger partial charge in [-0.25, -0.2) is 12.7 Å². The molecule has 1 amide bonds. The molecular weight excluding hydrogens is 475 g/mol. The van der Waals surface area contributed by atoms with Crippen LogP contribution >= 0.6 is 23.2 Å². The van der Waals surface area contributed by atoms with Crippen molar-refractivity contribution in [1.82, 2.24) is 9.62 Å². The second-order valence-electron chi connectivity index (χ2n) is 7.52. The number of hydrogen-bond donors (Lipinski definition) is 1. The summed E-state index contributed by atoms with van der Waals surface area (Å²) in [5.74, 6) is 0.580. The minimum Gasteiger partial charge on any atom is -0.497 e. The zero-order chi connectivity index (χ0) is 23.1. The van der Waals surface area contributed by atoms with Crippen LogP contribution in [0.4, 0.5) is 0 Å². The van der Waals surface area contributed by atoms with Crippen molar-refractivity contribution >= 4 is 39.1 Å². The molecule has 32 heavy (non-hydrogen) atoms. The second-order valence-corrected chi connectivity index (χ2v) is 10.3. The number of rotatable bonds is 9. The van der Waals surface area contributed by atoms with E-state index in [1.807, 2.05) is 18.2 Å². The monoisotopic (exact) mass is 500 g/mol. The van der Waals surface area contributed by atoms with Crippen LogP contribution in [0.2, 0.25) is 10.0 Å². The van der Waals surface area contributed by atoms with Crippen molar-refractivity contribution in [3.8, 4) is 11.5 Å². The van der Waals surface area contributed by atoms with Crippen LogP contribution in [0.1, 0.15) is 18.4 Å². The largest absolute Gasteiger partial charge is 0.497 e. The van der Waals surface area contributed by atoms with Crippen molar-refractivity contribution in [1.29, 1.82) is 0 Å². The number of ether oxygens (including phenoxy) is 2. The van der Waals surface area contributed by atoms with Gasteiger partial charge in [0.1, 0.15) is 18.1 Å². The standard InChI is InChI=1S/C22H26Cl2N2O5S/c1-30-18-5-2-6-19(13-18)31-11-9-25-22(27)17-4-3-10-26(14-17)32(28,29)15-16-7-8-20(23)21(24)12-16/h2,5-8,12-13,17H,3-4,9-11,14-15H2,1H3,(H,25,27)/t17-/m0/s1. The van der Waals surface area contributed by atoms with Crippen molar-refractivity contribution in [2.24, 2.45) is 5.92 Å². The van der Waals surface area contributed by atoms with Gasteiger partial charge in [-0.2, -0.15) is 0 Å². The molecule has 0 bridgehead atoms. The molecule has 10 heteroatoms. The smallest absolute Gasteiger partial charge is 0.224 e. The van der Waals surface area contributed by atoms with E-state index >= 15 is 0 Å². The number of carbonyl (C=O) groups excluding carboxylic acids is 1. The predicted molar refractivity (Wildman–Crippen MR) is 125 cm³/mol. The molecular formula is C22H26Cl2N2O5S. The van der Waals surface area contributed by atoms with E-state index in [-0.39, 0.29) is 18.2 Å². The number of nitrogens with zero attached hydrogens (tertiary/aromatic N) is 1. The predicted octanol–water partition coefficient (Wildman–Crippen LogP) is 3.74. The third-order valence-electron chi connectivity index (χ3n) is 5.19. The quantitative estimate of drug-likeness (QED) is 0.530. The third kappa shape index (κ3) is 6.75. The highest BCUT2D eigenvalue weighted by Crippen LogP contribution is 2.26. The lowest BCUT2D eigenvalue weighted by atomic mass is 9.99. The van der Waals surface area contributed by atoms with Gasteiger partial charge in [-0.3, -0.25) is 4.79 Å². The number of amides is 1. The molecule has 0 unspecified atom stereocenters. The molecule has 2 aromatic carbocycles. The molecule has 2 aromatic rings. The van der Waals surface area contributed by atoms with Gasteiger partial charge in [-0.05, 0) is 42.7 Å². The fourth-order valence-corrected chi connectivity index (χ4v) is 5.44. The van der Waals surface area contributed by atoms with Gasteiger partial charge in [-0.15, -0.1) is 0 Å². The van der Waals surface area contributed by atoms with Crippen LogP contribution in [0.15, 0.2) is 42.5 Å². The highest BCUT2D eigenvalue weighted by Gasteiger charge is 2.32. The maximum Gasteiger partial charge on any atom is 0.224 e. The summed E-state index contributed by atoms with van der Waals surface area (Å²) in [6.07, 6.45) is 1.26. The zero-order valence-corrected chi connectivity index (χ0v) is 20.0. The van der Waals surface area contributed by atoms with Crippen molar-refractivity contribution in [2.45, 2.75) is 18.6 Å². The van der Waals surface area contributed by atoms with Gasteiger partial charge in [0, 0.05) is 19.2 Å². The summed E-state index contributed by atoms with van der Waals surface area (Å²) >= 11 is 11.9. The van der Waals surface area contributed by atoms with E-state index in [9.17, 15) is 13.2 Å². The highest BCUT2D eigenvalue weighted by molar-refractivity contribution is 7.88. The van der Waals surface area contributed by atoms with Gasteiger partial charge >= 0.3 is 0 Å². The number of carbonyl (C=O) groups is 1. The van der Waals surface area contributed by atoms with Gasteiger partial charge < -0.3 is 14.8 Å². The molecule has 1 fully saturated rings. The topological polar surface area (TPSA) is 84.9 Å². The number of sulfonamides is 1. The third-order valence-corrected chi connectivity index (χ3v) is 7.75. The summed E-state index contributed by atoms with van der Waals surface area (Å²) in [6.45, 7) is 1.17. The molecule has 0 spiro atoms. The molecule has 0 saturated carbocycles. The molecule has 0 aromatic heterocycles. The van der Waals surface area contributed by atoms with E-state index in [2.05, 4.69) is 5.32 Å². The van der Waals surface area contributed by atoms with Gasteiger partial charge in [-0.1, -0.05) is 35.3 Å². The molecule has 1 heterocycles. The van der Waals surface area contributed by atoms with Crippen LogP contribution in [-0.2, 0) is 20.6 Å². The Labute approximate surface area is 198 Å². The molecule has 7 nitrogen and oxygen atoms in total. The lowest BCUT2D eigenvalue weighted by molar-refractivity contribution is -0.126. The van der Waals surface area contributed by atoms with E-state index in [0.717, 1.165) is 0 Å². The number of hydrogen-bond acceptors (Lipinski definition) is 5. The fraction of sp³-hybridized carbons (Fsp3) is 0.409. The molecule has 1 aliphatic heterocycles. The summed E-state index contributed by atoms with van der Waals surface area (Å²) in [7, 11) is -2.00. The number of benzene rings is 2. The van der Waals surface area contributed by atoms with Crippen LogP contribution in [0.3, 0.4) is 0 Å². The Morgan fingerprint density at radius 3 is 2.69 bits per heavy atom. The Kier molecular flexibility index (Phi) is 8.64. The molecule has 3 rings (SSSR count). The second kappa shape index (κ2) is 11.2. The molecule has 1 aliphatic rings. The van der Waals surface area contributed by atoms with Gasteiger partial charge in [0.2, 0.25) is 15.9 Å². The number of nitrogens with one attached hydrogen (secondary N) is 1. The number of methoxy groups -OCH3 is 1. The lowest BCUT2D eigenvalue weighted by Crippen LogP contribution is -2.46. The van der Waals surface area contributed by atoms with Gasteiger partial charge in [0.25, 0.3) is 0 Å². The first-order chi connectivity index (χ1) is 15.3. The Bertz CT molecular complexity index is 1050. The Morgan fingerprint density at radius 1 is 1.16 bits per heavy atom. The fourth-order valence-electron chi connectivity index (χ4n) is 3.52. The van der Waals surface area contributed by atoms with Crippen LogP contribution in [-0.4, -0.2) is 52.0 Å². The average Bonchev–Trinajstić information content (AvgIpc) is 2.79. The van der Waals surface area contributed by atoms with E-state index in [1.54, 1.807) is 31.4 Å². The summed E-state index contributed by atoms with van der Waals surface area (Å²) in [5.41, 5.74) is 0.556.